The number of anilines is 2. The monoisotopic (exact) mass is 731 g/mol. The maximum Gasteiger partial charge on any atom is 0.135 e. The van der Waals surface area contributed by atoms with E-state index in [2.05, 4.69) is 187 Å². The van der Waals surface area contributed by atoms with Gasteiger partial charge in [-0.05, 0) is 112 Å². The number of rotatable bonds is 7. The van der Waals surface area contributed by atoms with Crippen molar-refractivity contribution in [3.8, 4) is 33.4 Å². The molecule has 8 aromatic carbocycles. The molecule has 57 heavy (non-hydrogen) atoms. The molecule has 2 aromatic heterocycles. The molecule has 1 aliphatic carbocycles. The standard InChI is InChI=1S/C54H37NO2/c1-2-8-36(9-3-1)37-14-16-38(17-15-37)39-18-26-44(27-19-39)55(45-28-20-40(21-29-45)42-24-32-53-49(34-42)47-10-4-6-12-51(47)56-53)46-30-22-41(23-31-46)43-25-33-54-50(35-43)48-11-5-7-13-52(48)57-54/h1-22,24-35,41H,23H2. The van der Waals surface area contributed by atoms with Crippen molar-refractivity contribution in [1.29, 1.82) is 0 Å². The summed E-state index contributed by atoms with van der Waals surface area (Å²) in [5, 5.41) is 4.60. The number of para-hydroxylation sites is 2. The minimum Gasteiger partial charge on any atom is -0.456 e. The molecule has 0 radical (unpaired) electrons. The minimum atomic E-state index is 0.270. The fourth-order valence-electron chi connectivity index (χ4n) is 8.44. The van der Waals surface area contributed by atoms with Gasteiger partial charge in [-0.1, -0.05) is 140 Å². The van der Waals surface area contributed by atoms with Gasteiger partial charge in [0.1, 0.15) is 22.3 Å². The Bertz CT molecular complexity index is 3130. The summed E-state index contributed by atoms with van der Waals surface area (Å²) in [5.41, 5.74) is 15.5. The molecule has 0 fully saturated rings. The van der Waals surface area contributed by atoms with Crippen LogP contribution in [0.1, 0.15) is 17.9 Å². The second-order valence-corrected chi connectivity index (χ2v) is 14.9. The molecule has 0 saturated heterocycles. The van der Waals surface area contributed by atoms with Crippen molar-refractivity contribution in [3.05, 3.63) is 218 Å². The predicted octanol–water partition coefficient (Wildman–Crippen LogP) is 15.3. The smallest absolute Gasteiger partial charge is 0.135 e. The minimum absolute atomic E-state index is 0.270. The van der Waals surface area contributed by atoms with Gasteiger partial charge in [0.05, 0.1) is 0 Å². The number of hydrogen-bond acceptors (Lipinski definition) is 3. The number of hydrogen-bond donors (Lipinski definition) is 0. The van der Waals surface area contributed by atoms with Crippen molar-refractivity contribution in [2.75, 3.05) is 4.90 Å². The van der Waals surface area contributed by atoms with Crippen LogP contribution in [0.2, 0.25) is 0 Å². The van der Waals surface area contributed by atoms with E-state index < -0.39 is 0 Å². The Balaban J connectivity index is 0.923. The van der Waals surface area contributed by atoms with Crippen LogP contribution in [0.3, 0.4) is 0 Å². The van der Waals surface area contributed by atoms with Crippen molar-refractivity contribution in [2.45, 2.75) is 12.3 Å². The lowest BCUT2D eigenvalue weighted by atomic mass is 9.90. The summed E-state index contributed by atoms with van der Waals surface area (Å²) in [6.45, 7) is 0. The molecule has 3 nitrogen and oxygen atoms in total. The van der Waals surface area contributed by atoms with E-state index >= 15 is 0 Å². The topological polar surface area (TPSA) is 29.5 Å². The Labute approximate surface area is 331 Å². The summed E-state index contributed by atoms with van der Waals surface area (Å²) in [7, 11) is 0. The van der Waals surface area contributed by atoms with Crippen molar-refractivity contribution >= 4 is 55.3 Å². The van der Waals surface area contributed by atoms with Gasteiger partial charge in [-0.15, -0.1) is 0 Å². The van der Waals surface area contributed by atoms with Crippen LogP contribution in [0, 0.1) is 0 Å². The van der Waals surface area contributed by atoms with E-state index in [1.807, 2.05) is 24.3 Å². The zero-order valence-corrected chi connectivity index (χ0v) is 31.2. The fraction of sp³-hybridized carbons (Fsp3) is 0.0370. The molecule has 10 aromatic rings. The largest absolute Gasteiger partial charge is 0.456 e. The predicted molar refractivity (Wildman–Crippen MR) is 237 cm³/mol. The molecule has 0 saturated carbocycles. The number of benzene rings is 8. The summed E-state index contributed by atoms with van der Waals surface area (Å²) in [4.78, 5) is 2.37. The molecule has 0 aliphatic heterocycles. The third-order valence-corrected chi connectivity index (χ3v) is 11.5. The summed E-state index contributed by atoms with van der Waals surface area (Å²) in [5.74, 6) is 0.270. The van der Waals surface area contributed by atoms with Gasteiger partial charge < -0.3 is 13.7 Å². The van der Waals surface area contributed by atoms with E-state index in [0.717, 1.165) is 73.1 Å². The van der Waals surface area contributed by atoms with Crippen LogP contribution in [-0.2, 0) is 0 Å². The van der Waals surface area contributed by atoms with Gasteiger partial charge in [0.15, 0.2) is 0 Å². The maximum atomic E-state index is 6.13. The molecular formula is C54H37NO2. The maximum absolute atomic E-state index is 6.13. The highest BCUT2D eigenvalue weighted by atomic mass is 16.3. The van der Waals surface area contributed by atoms with Gasteiger partial charge in [-0.2, -0.15) is 0 Å². The lowest BCUT2D eigenvalue weighted by Gasteiger charge is -2.29. The van der Waals surface area contributed by atoms with Crippen molar-refractivity contribution < 1.29 is 8.83 Å². The lowest BCUT2D eigenvalue weighted by molar-refractivity contribution is 0.668. The average Bonchev–Trinajstić information content (AvgIpc) is 3.85. The van der Waals surface area contributed by atoms with Gasteiger partial charge >= 0.3 is 0 Å². The van der Waals surface area contributed by atoms with Crippen molar-refractivity contribution in [2.24, 2.45) is 0 Å². The van der Waals surface area contributed by atoms with Crippen LogP contribution in [0.25, 0.3) is 77.3 Å². The van der Waals surface area contributed by atoms with Crippen LogP contribution in [0.5, 0.6) is 0 Å². The Morgan fingerprint density at radius 3 is 1.42 bits per heavy atom. The molecule has 1 atom stereocenters. The Kier molecular flexibility index (Phi) is 7.96. The third kappa shape index (κ3) is 6.01. The quantitative estimate of drug-likeness (QED) is 0.163. The van der Waals surface area contributed by atoms with Gasteiger partial charge in [0.25, 0.3) is 0 Å². The van der Waals surface area contributed by atoms with E-state index in [9.17, 15) is 0 Å². The number of allylic oxidation sites excluding steroid dienone is 3. The van der Waals surface area contributed by atoms with E-state index in [4.69, 9.17) is 8.83 Å². The molecule has 0 amide bonds. The van der Waals surface area contributed by atoms with E-state index in [-0.39, 0.29) is 5.92 Å². The zero-order chi connectivity index (χ0) is 37.7. The van der Waals surface area contributed by atoms with Crippen LogP contribution >= 0.6 is 0 Å². The van der Waals surface area contributed by atoms with Crippen LogP contribution in [-0.4, -0.2) is 0 Å². The highest BCUT2D eigenvalue weighted by Gasteiger charge is 2.20. The molecule has 1 aliphatic rings. The Morgan fingerprint density at radius 1 is 0.386 bits per heavy atom. The second-order valence-electron chi connectivity index (χ2n) is 14.9. The number of nitrogens with zero attached hydrogens (tertiary/aromatic N) is 1. The van der Waals surface area contributed by atoms with Crippen LogP contribution < -0.4 is 4.90 Å². The van der Waals surface area contributed by atoms with Crippen molar-refractivity contribution in [3.63, 3.8) is 0 Å². The zero-order valence-electron chi connectivity index (χ0n) is 31.2. The molecule has 0 bridgehead atoms. The summed E-state index contributed by atoms with van der Waals surface area (Å²) in [6, 6.07) is 66.9. The molecule has 0 N–H and O–H groups in total. The number of fused-ring (bicyclic) bond motifs is 6. The highest BCUT2D eigenvalue weighted by molar-refractivity contribution is 6.06. The first-order chi connectivity index (χ1) is 28.2. The first kappa shape index (κ1) is 33.0. The summed E-state index contributed by atoms with van der Waals surface area (Å²) < 4.78 is 12.2. The highest BCUT2D eigenvalue weighted by Crippen LogP contribution is 2.39. The van der Waals surface area contributed by atoms with Crippen LogP contribution in [0.15, 0.2) is 221 Å². The molecular weight excluding hydrogens is 695 g/mol. The normalized spacial score (nSPS) is 14.1. The summed E-state index contributed by atoms with van der Waals surface area (Å²) in [6.07, 6.45) is 7.91. The van der Waals surface area contributed by atoms with E-state index in [1.165, 1.54) is 33.2 Å². The average molecular weight is 732 g/mol. The Morgan fingerprint density at radius 2 is 0.842 bits per heavy atom. The van der Waals surface area contributed by atoms with E-state index in [0.29, 0.717) is 0 Å². The first-order valence-corrected chi connectivity index (χ1v) is 19.6. The molecule has 11 rings (SSSR count). The number of furan rings is 2. The molecule has 1 unspecified atom stereocenters. The summed E-state index contributed by atoms with van der Waals surface area (Å²) >= 11 is 0. The van der Waals surface area contributed by atoms with Crippen LogP contribution in [0.4, 0.5) is 11.4 Å². The van der Waals surface area contributed by atoms with Crippen molar-refractivity contribution in [1.82, 2.24) is 0 Å². The van der Waals surface area contributed by atoms with Gasteiger partial charge in [0, 0.05) is 44.5 Å². The van der Waals surface area contributed by atoms with Gasteiger partial charge in [-0.3, -0.25) is 0 Å². The van der Waals surface area contributed by atoms with E-state index in [1.54, 1.807) is 0 Å². The lowest BCUT2D eigenvalue weighted by Crippen LogP contribution is -2.17. The SMILES string of the molecule is C1=CC(c2ccc3oc4ccccc4c3c2)CC=C1N(c1ccc(-c2ccc(-c3ccccc3)cc2)cc1)c1ccc(-c2ccc3oc4ccccc4c3c2)cc1. The van der Waals surface area contributed by atoms with Gasteiger partial charge in [-0.25, -0.2) is 0 Å². The second kappa shape index (κ2) is 13.7. The third-order valence-electron chi connectivity index (χ3n) is 11.5. The molecule has 2 heterocycles. The molecule has 270 valence electrons. The molecule has 0 spiro atoms. The fourth-order valence-corrected chi connectivity index (χ4v) is 8.44. The molecule has 3 heteroatoms. The Hall–Kier alpha value is -7.36. The first-order valence-electron chi connectivity index (χ1n) is 19.6. The van der Waals surface area contributed by atoms with Gasteiger partial charge in [0.2, 0.25) is 0 Å².